The number of carbonyl (C=O) groups excluding carboxylic acids is 1. The van der Waals surface area contributed by atoms with Gasteiger partial charge in [-0.3, -0.25) is 4.79 Å². The standard InChI is InChI=1S/C24H27Cl2NO3/c25-20-10-9-19(14-21(20)26)24(11-13-30-23-8-4-5-12-29-23)15-22(28)27(17-24)16-18-6-2-1-3-7-18/h1-3,6-7,9-10,14,23H,4-5,8,11-13,15-17H2. The van der Waals surface area contributed by atoms with Crippen LogP contribution in [-0.2, 0) is 26.2 Å². The van der Waals surface area contributed by atoms with E-state index in [4.69, 9.17) is 32.7 Å². The van der Waals surface area contributed by atoms with Crippen LogP contribution >= 0.6 is 23.2 Å². The topological polar surface area (TPSA) is 38.8 Å². The smallest absolute Gasteiger partial charge is 0.223 e. The minimum absolute atomic E-state index is 0.137. The first-order valence-electron chi connectivity index (χ1n) is 10.6. The number of amides is 1. The average molecular weight is 448 g/mol. The van der Waals surface area contributed by atoms with Gasteiger partial charge in [0, 0.05) is 31.5 Å². The van der Waals surface area contributed by atoms with Gasteiger partial charge in [-0.1, -0.05) is 59.6 Å². The van der Waals surface area contributed by atoms with Crippen LogP contribution in [0.15, 0.2) is 48.5 Å². The fraction of sp³-hybridized carbons (Fsp3) is 0.458. The van der Waals surface area contributed by atoms with Crippen LogP contribution in [0.25, 0.3) is 0 Å². The molecule has 6 heteroatoms. The molecule has 160 valence electrons. The van der Waals surface area contributed by atoms with Crippen molar-refractivity contribution in [2.45, 2.75) is 50.4 Å². The number of hydrogen-bond donors (Lipinski definition) is 0. The number of hydrogen-bond acceptors (Lipinski definition) is 3. The van der Waals surface area contributed by atoms with Gasteiger partial charge in [0.1, 0.15) is 0 Å². The van der Waals surface area contributed by atoms with E-state index >= 15 is 0 Å². The summed E-state index contributed by atoms with van der Waals surface area (Å²) in [6, 6.07) is 15.8. The summed E-state index contributed by atoms with van der Waals surface area (Å²) in [5.74, 6) is 0.152. The first-order chi connectivity index (χ1) is 14.6. The molecular formula is C24H27Cl2NO3. The molecule has 2 atom stereocenters. The van der Waals surface area contributed by atoms with Gasteiger partial charge >= 0.3 is 0 Å². The van der Waals surface area contributed by atoms with Gasteiger partial charge in [0.05, 0.1) is 16.7 Å². The lowest BCUT2D eigenvalue weighted by atomic mass is 9.77. The van der Waals surface area contributed by atoms with E-state index in [1.807, 2.05) is 41.3 Å². The normalized spacial score (nSPS) is 24.4. The zero-order chi connectivity index (χ0) is 21.0. The second-order valence-corrected chi connectivity index (χ2v) is 9.05. The monoisotopic (exact) mass is 447 g/mol. The zero-order valence-corrected chi connectivity index (χ0v) is 18.5. The van der Waals surface area contributed by atoms with Gasteiger partial charge in [-0.05, 0) is 48.9 Å². The first-order valence-corrected chi connectivity index (χ1v) is 11.3. The maximum Gasteiger partial charge on any atom is 0.223 e. The molecule has 4 rings (SSSR count). The lowest BCUT2D eigenvalue weighted by molar-refractivity contribution is -0.164. The van der Waals surface area contributed by atoms with Crippen LogP contribution < -0.4 is 0 Å². The van der Waals surface area contributed by atoms with Crippen molar-refractivity contribution in [3.63, 3.8) is 0 Å². The number of halogens is 2. The molecule has 0 bridgehead atoms. The van der Waals surface area contributed by atoms with Crippen LogP contribution in [0.1, 0.15) is 43.2 Å². The molecule has 2 aromatic rings. The molecule has 0 aliphatic carbocycles. The Hall–Kier alpha value is -1.59. The molecule has 2 heterocycles. The number of rotatable bonds is 7. The molecule has 0 N–H and O–H groups in total. The molecule has 0 spiro atoms. The van der Waals surface area contributed by atoms with Gasteiger partial charge in [-0.2, -0.15) is 0 Å². The van der Waals surface area contributed by atoms with E-state index in [0.717, 1.165) is 43.4 Å². The third kappa shape index (κ3) is 5.00. The van der Waals surface area contributed by atoms with E-state index in [9.17, 15) is 4.79 Å². The number of nitrogens with zero attached hydrogens (tertiary/aromatic N) is 1. The summed E-state index contributed by atoms with van der Waals surface area (Å²) in [4.78, 5) is 14.9. The van der Waals surface area contributed by atoms with Crippen LogP contribution in [0.2, 0.25) is 10.0 Å². The molecule has 0 aromatic heterocycles. The number of carbonyl (C=O) groups is 1. The highest BCUT2D eigenvalue weighted by atomic mass is 35.5. The number of ether oxygens (including phenoxy) is 2. The van der Waals surface area contributed by atoms with Crippen molar-refractivity contribution in [3.05, 3.63) is 69.7 Å². The van der Waals surface area contributed by atoms with Crippen molar-refractivity contribution in [3.8, 4) is 0 Å². The predicted octanol–water partition coefficient (Wildman–Crippen LogP) is 5.60. The SMILES string of the molecule is O=C1CC(CCOC2CCCCO2)(c2ccc(Cl)c(Cl)c2)CN1Cc1ccccc1. The van der Waals surface area contributed by atoms with Crippen molar-refractivity contribution in [1.82, 2.24) is 4.90 Å². The highest BCUT2D eigenvalue weighted by molar-refractivity contribution is 6.42. The van der Waals surface area contributed by atoms with Crippen molar-refractivity contribution in [2.24, 2.45) is 0 Å². The van der Waals surface area contributed by atoms with E-state index in [1.54, 1.807) is 0 Å². The molecule has 2 aliphatic heterocycles. The number of benzene rings is 2. The summed E-state index contributed by atoms with van der Waals surface area (Å²) in [5.41, 5.74) is 1.81. The maximum absolute atomic E-state index is 13.0. The van der Waals surface area contributed by atoms with Crippen molar-refractivity contribution >= 4 is 29.1 Å². The van der Waals surface area contributed by atoms with E-state index in [0.29, 0.717) is 36.2 Å². The van der Waals surface area contributed by atoms with E-state index in [1.165, 1.54) is 0 Å². The Kier molecular flexibility index (Phi) is 6.99. The Morgan fingerprint density at radius 1 is 1.10 bits per heavy atom. The Labute approximate surface area is 188 Å². The minimum atomic E-state index is -0.352. The van der Waals surface area contributed by atoms with Crippen molar-refractivity contribution < 1.29 is 14.3 Å². The summed E-state index contributed by atoms with van der Waals surface area (Å²) in [7, 11) is 0. The summed E-state index contributed by atoms with van der Waals surface area (Å²) in [5, 5.41) is 1.03. The molecule has 2 saturated heterocycles. The molecule has 1 amide bonds. The molecule has 0 saturated carbocycles. The summed E-state index contributed by atoms with van der Waals surface area (Å²) < 4.78 is 11.7. The Morgan fingerprint density at radius 3 is 2.67 bits per heavy atom. The largest absolute Gasteiger partial charge is 0.353 e. The van der Waals surface area contributed by atoms with E-state index < -0.39 is 0 Å². The summed E-state index contributed by atoms with van der Waals surface area (Å²) in [6.45, 7) is 2.53. The highest BCUT2D eigenvalue weighted by Gasteiger charge is 2.44. The lowest BCUT2D eigenvalue weighted by Crippen LogP contribution is -2.33. The third-order valence-electron chi connectivity index (χ3n) is 6.11. The third-order valence-corrected chi connectivity index (χ3v) is 6.85. The molecule has 0 radical (unpaired) electrons. The van der Waals surface area contributed by atoms with E-state index in [2.05, 4.69) is 12.1 Å². The van der Waals surface area contributed by atoms with E-state index in [-0.39, 0.29) is 17.6 Å². The summed E-state index contributed by atoms with van der Waals surface area (Å²) >= 11 is 12.5. The lowest BCUT2D eigenvalue weighted by Gasteiger charge is -2.31. The Balaban J connectivity index is 1.52. The molecule has 4 nitrogen and oxygen atoms in total. The molecule has 2 aliphatic rings. The summed E-state index contributed by atoms with van der Waals surface area (Å²) in [6.07, 6.45) is 4.18. The quantitative estimate of drug-likeness (QED) is 0.554. The predicted molar refractivity (Wildman–Crippen MR) is 119 cm³/mol. The first kappa shape index (κ1) is 21.6. The van der Waals surface area contributed by atoms with Crippen molar-refractivity contribution in [1.29, 1.82) is 0 Å². The fourth-order valence-electron chi connectivity index (χ4n) is 4.42. The Morgan fingerprint density at radius 2 is 1.93 bits per heavy atom. The molecular weight excluding hydrogens is 421 g/mol. The van der Waals surface area contributed by atoms with Gasteiger partial charge in [-0.15, -0.1) is 0 Å². The van der Waals surface area contributed by atoms with Gasteiger partial charge in [0.2, 0.25) is 5.91 Å². The van der Waals surface area contributed by atoms with Crippen LogP contribution in [0.4, 0.5) is 0 Å². The van der Waals surface area contributed by atoms with Crippen LogP contribution in [0.3, 0.4) is 0 Å². The van der Waals surface area contributed by atoms with Crippen molar-refractivity contribution in [2.75, 3.05) is 19.8 Å². The highest BCUT2D eigenvalue weighted by Crippen LogP contribution is 2.41. The zero-order valence-electron chi connectivity index (χ0n) is 17.0. The molecule has 2 unspecified atom stereocenters. The fourth-order valence-corrected chi connectivity index (χ4v) is 4.72. The van der Waals surface area contributed by atoms with Crippen LogP contribution in [0.5, 0.6) is 0 Å². The molecule has 30 heavy (non-hydrogen) atoms. The second-order valence-electron chi connectivity index (χ2n) is 8.24. The van der Waals surface area contributed by atoms with Crippen LogP contribution in [-0.4, -0.2) is 36.9 Å². The second kappa shape index (κ2) is 9.69. The van der Waals surface area contributed by atoms with Gasteiger partial charge in [0.25, 0.3) is 0 Å². The average Bonchev–Trinajstić information content (AvgIpc) is 3.08. The van der Waals surface area contributed by atoms with Crippen LogP contribution in [0, 0.1) is 0 Å². The minimum Gasteiger partial charge on any atom is -0.353 e. The van der Waals surface area contributed by atoms with Gasteiger partial charge < -0.3 is 14.4 Å². The number of likely N-dealkylation sites (tertiary alicyclic amines) is 1. The molecule has 2 fully saturated rings. The van der Waals surface area contributed by atoms with Gasteiger partial charge in [0.15, 0.2) is 6.29 Å². The van der Waals surface area contributed by atoms with Gasteiger partial charge in [-0.25, -0.2) is 0 Å². The Bertz CT molecular complexity index is 870. The maximum atomic E-state index is 13.0. The molecule has 2 aromatic carbocycles.